The molecule has 24 heavy (non-hydrogen) atoms. The molecule has 0 aromatic heterocycles. The monoisotopic (exact) mass is 326 g/mol. The number of rotatable bonds is 7. The topological polar surface area (TPSA) is 78.4 Å². The molecule has 0 aliphatic carbocycles. The maximum Gasteiger partial charge on any atom is 0.274 e. The van der Waals surface area contributed by atoms with Gasteiger partial charge in [0.15, 0.2) is 0 Å². The number of amides is 2. The molecule has 0 unspecified atom stereocenters. The molecule has 3 N–H and O–H groups in total. The number of carbonyl (C=O) groups excluding carboxylic acids is 2. The Balaban J connectivity index is 1.71. The lowest BCUT2D eigenvalue weighted by atomic mass is 10.1. The Labute approximate surface area is 141 Å². The van der Waals surface area contributed by atoms with Crippen LogP contribution in [-0.2, 0) is 17.8 Å². The third kappa shape index (κ3) is 5.52. The Hall–Kier alpha value is -2.66. The number of hydrogen-bond donors (Lipinski definition) is 3. The number of benzene rings is 2. The summed E-state index contributed by atoms with van der Waals surface area (Å²) in [6.07, 6.45) is 2.18. The van der Waals surface area contributed by atoms with Gasteiger partial charge in [0, 0.05) is 18.5 Å². The molecule has 2 amide bonds. The van der Waals surface area contributed by atoms with Crippen molar-refractivity contribution in [2.45, 2.75) is 32.7 Å². The van der Waals surface area contributed by atoms with Crippen molar-refractivity contribution >= 4 is 11.8 Å². The number of aryl methyl sites for hydroxylation is 2. The van der Waals surface area contributed by atoms with Gasteiger partial charge in [-0.2, -0.15) is 0 Å². The van der Waals surface area contributed by atoms with E-state index >= 15 is 0 Å². The fourth-order valence-corrected chi connectivity index (χ4v) is 2.34. The molecule has 5 nitrogen and oxygen atoms in total. The normalized spacial score (nSPS) is 10.2. The van der Waals surface area contributed by atoms with Gasteiger partial charge in [0.1, 0.15) is 0 Å². The van der Waals surface area contributed by atoms with Crippen molar-refractivity contribution in [3.63, 3.8) is 0 Å². The van der Waals surface area contributed by atoms with E-state index in [0.29, 0.717) is 18.5 Å². The van der Waals surface area contributed by atoms with Crippen LogP contribution in [0.2, 0.25) is 0 Å². The fourth-order valence-electron chi connectivity index (χ4n) is 2.34. The Morgan fingerprint density at radius 3 is 2.21 bits per heavy atom. The number of hydroxylamine groups is 1. The van der Waals surface area contributed by atoms with Crippen molar-refractivity contribution in [3.8, 4) is 0 Å². The van der Waals surface area contributed by atoms with Gasteiger partial charge in [-0.15, -0.1) is 0 Å². The predicted molar refractivity (Wildman–Crippen MR) is 91.7 cm³/mol. The van der Waals surface area contributed by atoms with E-state index < -0.39 is 5.91 Å². The highest BCUT2D eigenvalue weighted by atomic mass is 16.5. The standard InChI is InChI=1S/C19H22N2O3/c1-14-5-7-15(8-6-14)3-2-4-18(22)20-13-16-9-11-17(12-10-16)19(23)21-24/h5-12,24H,2-4,13H2,1H3,(H,20,22)(H,21,23). The molecule has 0 atom stereocenters. The highest BCUT2D eigenvalue weighted by Gasteiger charge is 2.05. The molecular formula is C19H22N2O3. The van der Waals surface area contributed by atoms with E-state index in [1.165, 1.54) is 11.1 Å². The van der Waals surface area contributed by atoms with Crippen LogP contribution in [0.3, 0.4) is 0 Å². The first kappa shape index (κ1) is 17.7. The Morgan fingerprint density at radius 1 is 0.958 bits per heavy atom. The summed E-state index contributed by atoms with van der Waals surface area (Å²) in [5.41, 5.74) is 5.32. The average Bonchev–Trinajstić information content (AvgIpc) is 2.61. The van der Waals surface area contributed by atoms with E-state index in [9.17, 15) is 9.59 Å². The Kier molecular flexibility index (Phi) is 6.51. The Morgan fingerprint density at radius 2 is 1.58 bits per heavy atom. The maximum absolute atomic E-state index is 11.9. The van der Waals surface area contributed by atoms with Gasteiger partial charge in [0.25, 0.3) is 5.91 Å². The van der Waals surface area contributed by atoms with Crippen molar-refractivity contribution in [3.05, 3.63) is 70.8 Å². The second-order valence-electron chi connectivity index (χ2n) is 5.75. The molecule has 0 spiro atoms. The van der Waals surface area contributed by atoms with Crippen molar-refractivity contribution in [1.82, 2.24) is 10.8 Å². The second-order valence-corrected chi connectivity index (χ2v) is 5.75. The molecule has 0 heterocycles. The van der Waals surface area contributed by atoms with Gasteiger partial charge in [-0.3, -0.25) is 14.8 Å². The summed E-state index contributed by atoms with van der Waals surface area (Å²) < 4.78 is 0. The van der Waals surface area contributed by atoms with Crippen LogP contribution in [0.4, 0.5) is 0 Å². The lowest BCUT2D eigenvalue weighted by Gasteiger charge is -2.07. The molecule has 0 radical (unpaired) electrons. The van der Waals surface area contributed by atoms with Crippen LogP contribution < -0.4 is 10.8 Å². The molecular weight excluding hydrogens is 304 g/mol. The second kappa shape index (κ2) is 8.84. The largest absolute Gasteiger partial charge is 0.352 e. The van der Waals surface area contributed by atoms with Crippen LogP contribution in [0.15, 0.2) is 48.5 Å². The van der Waals surface area contributed by atoms with Crippen LogP contribution in [0.25, 0.3) is 0 Å². The maximum atomic E-state index is 11.9. The zero-order valence-corrected chi connectivity index (χ0v) is 13.7. The summed E-state index contributed by atoms with van der Waals surface area (Å²) in [5, 5.41) is 11.4. The van der Waals surface area contributed by atoms with E-state index in [-0.39, 0.29) is 5.91 Å². The highest BCUT2D eigenvalue weighted by molar-refractivity contribution is 5.93. The summed E-state index contributed by atoms with van der Waals surface area (Å²) in [4.78, 5) is 23.1. The van der Waals surface area contributed by atoms with Crippen molar-refractivity contribution < 1.29 is 14.8 Å². The van der Waals surface area contributed by atoms with Gasteiger partial charge in [-0.05, 0) is 43.0 Å². The van der Waals surface area contributed by atoms with Gasteiger partial charge < -0.3 is 5.32 Å². The third-order valence-electron chi connectivity index (χ3n) is 3.80. The lowest BCUT2D eigenvalue weighted by Crippen LogP contribution is -2.22. The summed E-state index contributed by atoms with van der Waals surface area (Å²) in [7, 11) is 0. The van der Waals surface area contributed by atoms with E-state index in [0.717, 1.165) is 18.4 Å². The molecule has 5 heteroatoms. The van der Waals surface area contributed by atoms with E-state index in [4.69, 9.17) is 5.21 Å². The molecule has 0 aliphatic heterocycles. The molecule has 0 bridgehead atoms. The minimum atomic E-state index is -0.554. The third-order valence-corrected chi connectivity index (χ3v) is 3.80. The predicted octanol–water partition coefficient (Wildman–Crippen LogP) is 2.75. The van der Waals surface area contributed by atoms with Crippen LogP contribution in [0.1, 0.15) is 39.9 Å². The number of carbonyl (C=O) groups is 2. The van der Waals surface area contributed by atoms with Gasteiger partial charge in [-0.1, -0.05) is 42.0 Å². The van der Waals surface area contributed by atoms with Gasteiger partial charge >= 0.3 is 0 Å². The van der Waals surface area contributed by atoms with Gasteiger partial charge in [-0.25, -0.2) is 5.48 Å². The number of nitrogens with one attached hydrogen (secondary N) is 2. The molecule has 2 aromatic rings. The molecule has 126 valence electrons. The average molecular weight is 326 g/mol. The SMILES string of the molecule is Cc1ccc(CCCC(=O)NCc2ccc(C(=O)NO)cc2)cc1. The smallest absolute Gasteiger partial charge is 0.274 e. The molecule has 0 saturated heterocycles. The Bertz CT molecular complexity index is 679. The fraction of sp³-hybridized carbons (Fsp3) is 0.263. The summed E-state index contributed by atoms with van der Waals surface area (Å²) in [5.74, 6) is -0.541. The van der Waals surface area contributed by atoms with E-state index in [1.54, 1.807) is 29.7 Å². The first-order valence-corrected chi connectivity index (χ1v) is 7.94. The van der Waals surface area contributed by atoms with E-state index in [2.05, 4.69) is 36.5 Å². The molecule has 2 aromatic carbocycles. The molecule has 0 saturated carbocycles. The molecule has 2 rings (SSSR count). The molecule has 0 fully saturated rings. The summed E-state index contributed by atoms with van der Waals surface area (Å²) in [6, 6.07) is 15.0. The number of hydrogen-bond acceptors (Lipinski definition) is 3. The minimum Gasteiger partial charge on any atom is -0.352 e. The molecule has 0 aliphatic rings. The highest BCUT2D eigenvalue weighted by Crippen LogP contribution is 2.08. The van der Waals surface area contributed by atoms with Gasteiger partial charge in [0.05, 0.1) is 0 Å². The quantitative estimate of drug-likeness (QED) is 0.541. The van der Waals surface area contributed by atoms with Crippen molar-refractivity contribution in [2.24, 2.45) is 0 Å². The van der Waals surface area contributed by atoms with Crippen LogP contribution in [0, 0.1) is 6.92 Å². The zero-order chi connectivity index (χ0) is 17.4. The first-order valence-electron chi connectivity index (χ1n) is 7.94. The van der Waals surface area contributed by atoms with Crippen LogP contribution >= 0.6 is 0 Å². The van der Waals surface area contributed by atoms with E-state index in [1.807, 2.05) is 0 Å². The van der Waals surface area contributed by atoms with Crippen molar-refractivity contribution in [2.75, 3.05) is 0 Å². The zero-order valence-electron chi connectivity index (χ0n) is 13.7. The first-order chi connectivity index (χ1) is 11.6. The van der Waals surface area contributed by atoms with Crippen LogP contribution in [-0.4, -0.2) is 17.0 Å². The summed E-state index contributed by atoms with van der Waals surface area (Å²) >= 11 is 0. The summed E-state index contributed by atoms with van der Waals surface area (Å²) in [6.45, 7) is 2.48. The van der Waals surface area contributed by atoms with Gasteiger partial charge in [0.2, 0.25) is 5.91 Å². The minimum absolute atomic E-state index is 0.0132. The van der Waals surface area contributed by atoms with Crippen molar-refractivity contribution in [1.29, 1.82) is 0 Å². The lowest BCUT2D eigenvalue weighted by molar-refractivity contribution is -0.121. The van der Waals surface area contributed by atoms with Crippen LogP contribution in [0.5, 0.6) is 0 Å².